The molecule has 2 saturated heterocycles. The van der Waals surface area contributed by atoms with Crippen LogP contribution in [-0.2, 0) is 16.1 Å². The lowest BCUT2D eigenvalue weighted by molar-refractivity contribution is -0.145. The van der Waals surface area contributed by atoms with Gasteiger partial charge in [-0.2, -0.15) is 0 Å². The number of Topliss-reactive ketones (excluding diaryl/α,β-unsaturated/α-hetero) is 1. The number of benzene rings is 2. The van der Waals surface area contributed by atoms with Crippen molar-refractivity contribution >= 4 is 29.3 Å². The molecule has 4 amide bonds. The number of ketones is 1. The summed E-state index contributed by atoms with van der Waals surface area (Å²) in [5.74, 6) is -1.29. The number of hydrogen-bond acceptors (Lipinski definition) is 4. The Kier molecular flexibility index (Phi) is 6.02. The van der Waals surface area contributed by atoms with Crippen LogP contribution in [0.3, 0.4) is 0 Å². The predicted molar refractivity (Wildman–Crippen MR) is 125 cm³/mol. The number of imide groups is 1. The minimum absolute atomic E-state index is 0.0888. The van der Waals surface area contributed by atoms with Crippen molar-refractivity contribution in [3.63, 3.8) is 0 Å². The second-order valence-electron chi connectivity index (χ2n) is 9.87. The summed E-state index contributed by atoms with van der Waals surface area (Å²) in [6.07, 6.45) is 0.445. The smallest absolute Gasteiger partial charge is 0.328 e. The summed E-state index contributed by atoms with van der Waals surface area (Å²) >= 11 is 0. The van der Waals surface area contributed by atoms with Crippen molar-refractivity contribution in [3.8, 4) is 0 Å². The SMILES string of the molecule is CC(=O)c1cccc(N2C(=O)[C@H]3[C@@H](CCN3C(=O)C(C)(C)C)N(Cc3cccc(F)c3)C2=O)c1. The van der Waals surface area contributed by atoms with Gasteiger partial charge in [0.05, 0.1) is 11.7 Å². The molecule has 2 fully saturated rings. The van der Waals surface area contributed by atoms with E-state index in [1.54, 1.807) is 56.0 Å². The standard InChI is InChI=1S/C26H28FN3O4/c1-16(31)18-8-6-10-20(14-18)30-23(32)22-21(11-12-28(22)24(33)26(2,3)4)29(25(30)34)15-17-7-5-9-19(27)13-17/h5-10,13-14,21-22H,11-12,15H2,1-4H3/t21-,22-/m1/s1. The molecule has 178 valence electrons. The fourth-order valence-electron chi connectivity index (χ4n) is 4.67. The maximum absolute atomic E-state index is 13.9. The van der Waals surface area contributed by atoms with Gasteiger partial charge in [0.2, 0.25) is 5.91 Å². The zero-order valence-corrected chi connectivity index (χ0v) is 19.7. The number of nitrogens with zero attached hydrogens (tertiary/aromatic N) is 3. The Balaban J connectivity index is 1.79. The summed E-state index contributed by atoms with van der Waals surface area (Å²) in [5.41, 5.74) is 0.509. The molecule has 0 unspecified atom stereocenters. The largest absolute Gasteiger partial charge is 0.332 e. The van der Waals surface area contributed by atoms with Crippen molar-refractivity contribution in [1.29, 1.82) is 0 Å². The van der Waals surface area contributed by atoms with E-state index in [0.717, 1.165) is 4.90 Å². The molecule has 0 N–H and O–H groups in total. The van der Waals surface area contributed by atoms with Crippen molar-refractivity contribution in [3.05, 3.63) is 65.5 Å². The highest BCUT2D eigenvalue weighted by Crippen LogP contribution is 2.36. The van der Waals surface area contributed by atoms with E-state index < -0.39 is 35.3 Å². The van der Waals surface area contributed by atoms with Gasteiger partial charge in [-0.15, -0.1) is 0 Å². The first-order valence-corrected chi connectivity index (χ1v) is 11.3. The van der Waals surface area contributed by atoms with Gasteiger partial charge in [-0.25, -0.2) is 14.1 Å². The summed E-state index contributed by atoms with van der Waals surface area (Å²) in [4.78, 5) is 56.7. The van der Waals surface area contributed by atoms with Crippen molar-refractivity contribution in [1.82, 2.24) is 9.80 Å². The first-order chi connectivity index (χ1) is 16.0. The third-order valence-corrected chi connectivity index (χ3v) is 6.33. The number of halogens is 1. The molecule has 2 aliphatic heterocycles. The van der Waals surface area contributed by atoms with Crippen molar-refractivity contribution < 1.29 is 23.6 Å². The van der Waals surface area contributed by atoms with Crippen LogP contribution in [0.15, 0.2) is 48.5 Å². The van der Waals surface area contributed by atoms with E-state index in [4.69, 9.17) is 0 Å². The average Bonchev–Trinajstić information content (AvgIpc) is 3.21. The number of anilines is 1. The summed E-state index contributed by atoms with van der Waals surface area (Å²) in [6.45, 7) is 7.21. The van der Waals surface area contributed by atoms with Gasteiger partial charge in [-0.1, -0.05) is 45.0 Å². The third-order valence-electron chi connectivity index (χ3n) is 6.33. The van der Waals surface area contributed by atoms with Crippen LogP contribution in [0.2, 0.25) is 0 Å². The fourth-order valence-corrected chi connectivity index (χ4v) is 4.67. The van der Waals surface area contributed by atoms with Crippen LogP contribution in [0.25, 0.3) is 0 Å². The number of rotatable bonds is 4. The summed E-state index contributed by atoms with van der Waals surface area (Å²) in [5, 5.41) is 0. The predicted octanol–water partition coefficient (Wildman–Crippen LogP) is 4.01. The van der Waals surface area contributed by atoms with Crippen molar-refractivity contribution in [2.75, 3.05) is 11.4 Å². The average molecular weight is 466 g/mol. The number of likely N-dealkylation sites (tertiary alicyclic amines) is 1. The Morgan fingerprint density at radius 1 is 1.06 bits per heavy atom. The first kappa shape index (κ1) is 23.6. The maximum atomic E-state index is 13.9. The van der Waals surface area contributed by atoms with Gasteiger partial charge in [0.15, 0.2) is 5.78 Å². The highest BCUT2D eigenvalue weighted by Gasteiger charge is 2.54. The van der Waals surface area contributed by atoms with Gasteiger partial charge in [0.1, 0.15) is 11.9 Å². The van der Waals surface area contributed by atoms with Crippen LogP contribution in [0.4, 0.5) is 14.9 Å². The molecule has 4 rings (SSSR count). The van der Waals surface area contributed by atoms with E-state index in [9.17, 15) is 23.6 Å². The monoisotopic (exact) mass is 465 g/mol. The minimum Gasteiger partial charge on any atom is -0.328 e. The number of hydrogen-bond donors (Lipinski definition) is 0. The molecule has 7 nitrogen and oxygen atoms in total. The first-order valence-electron chi connectivity index (χ1n) is 11.3. The van der Waals surface area contributed by atoms with E-state index in [1.807, 2.05) is 0 Å². The van der Waals surface area contributed by atoms with Gasteiger partial charge < -0.3 is 9.80 Å². The van der Waals surface area contributed by atoms with Crippen molar-refractivity contribution in [2.24, 2.45) is 5.41 Å². The zero-order valence-electron chi connectivity index (χ0n) is 19.7. The molecular weight excluding hydrogens is 437 g/mol. The molecule has 0 radical (unpaired) electrons. The van der Waals surface area contributed by atoms with E-state index in [2.05, 4.69) is 0 Å². The molecule has 2 heterocycles. The van der Waals surface area contributed by atoms with Crippen LogP contribution in [0, 0.1) is 11.2 Å². The van der Waals surface area contributed by atoms with E-state index in [0.29, 0.717) is 24.1 Å². The highest BCUT2D eigenvalue weighted by molar-refractivity contribution is 6.19. The molecule has 0 saturated carbocycles. The maximum Gasteiger partial charge on any atom is 0.332 e. The molecule has 34 heavy (non-hydrogen) atoms. The quantitative estimate of drug-likeness (QED) is 0.639. The van der Waals surface area contributed by atoms with E-state index >= 15 is 0 Å². The third kappa shape index (κ3) is 4.20. The van der Waals surface area contributed by atoms with Gasteiger partial charge in [0.25, 0.3) is 5.91 Å². The Bertz CT molecular complexity index is 1170. The lowest BCUT2D eigenvalue weighted by Crippen LogP contribution is -2.66. The Hall–Kier alpha value is -3.55. The Morgan fingerprint density at radius 3 is 2.41 bits per heavy atom. The second-order valence-corrected chi connectivity index (χ2v) is 9.87. The second kappa shape index (κ2) is 8.66. The number of amides is 4. The van der Waals surface area contributed by atoms with Crippen LogP contribution < -0.4 is 4.90 Å². The van der Waals surface area contributed by atoms with Gasteiger partial charge in [-0.05, 0) is 43.2 Å². The van der Waals surface area contributed by atoms with E-state index in [1.165, 1.54) is 30.0 Å². The molecule has 0 aromatic heterocycles. The molecular formula is C26H28FN3O4. The summed E-state index contributed by atoms with van der Waals surface area (Å²) in [7, 11) is 0. The number of carbonyl (C=O) groups is 4. The molecule has 8 heteroatoms. The summed E-state index contributed by atoms with van der Waals surface area (Å²) in [6, 6.07) is 10.3. The fraction of sp³-hybridized carbons (Fsp3) is 0.385. The molecule has 0 bridgehead atoms. The van der Waals surface area contributed by atoms with Crippen LogP contribution in [0.1, 0.15) is 50.0 Å². The number of carbonyl (C=O) groups excluding carboxylic acids is 4. The minimum atomic E-state index is -0.862. The lowest BCUT2D eigenvalue weighted by atomic mass is 9.93. The number of fused-ring (bicyclic) bond motifs is 1. The molecule has 2 aliphatic rings. The Labute approximate surface area is 198 Å². The zero-order chi connectivity index (χ0) is 24.8. The number of urea groups is 1. The van der Waals surface area contributed by atoms with Gasteiger partial charge >= 0.3 is 6.03 Å². The van der Waals surface area contributed by atoms with Crippen molar-refractivity contribution in [2.45, 2.75) is 52.7 Å². The summed E-state index contributed by atoms with van der Waals surface area (Å²) < 4.78 is 13.9. The van der Waals surface area contributed by atoms with Crippen LogP contribution in [0.5, 0.6) is 0 Å². The van der Waals surface area contributed by atoms with Crippen LogP contribution in [-0.4, -0.2) is 52.1 Å². The van der Waals surface area contributed by atoms with Crippen LogP contribution >= 0.6 is 0 Å². The molecule has 2 atom stereocenters. The topological polar surface area (TPSA) is 78.0 Å². The van der Waals surface area contributed by atoms with Gasteiger partial charge in [-0.3, -0.25) is 14.4 Å². The molecule has 2 aromatic rings. The molecule has 0 aliphatic carbocycles. The van der Waals surface area contributed by atoms with E-state index in [-0.39, 0.29) is 23.9 Å². The lowest BCUT2D eigenvalue weighted by Gasteiger charge is -2.44. The molecule has 0 spiro atoms. The Morgan fingerprint density at radius 2 is 1.76 bits per heavy atom. The normalized spacial score (nSPS) is 20.6. The highest BCUT2D eigenvalue weighted by atomic mass is 19.1. The van der Waals surface area contributed by atoms with Gasteiger partial charge in [0, 0.05) is 24.1 Å². The molecule has 2 aromatic carbocycles.